The van der Waals surface area contributed by atoms with Crippen molar-refractivity contribution in [1.82, 2.24) is 4.57 Å². The Morgan fingerprint density at radius 2 is 1.86 bits per heavy atom. The molecule has 2 aromatic rings. The van der Waals surface area contributed by atoms with E-state index in [1.807, 2.05) is 23.8 Å². The van der Waals surface area contributed by atoms with Crippen LogP contribution in [0.4, 0.5) is 0 Å². The number of benzene rings is 1. The molecule has 0 atom stereocenters. The largest absolute Gasteiger partial charge is 0.321 e. The second-order valence-corrected chi connectivity index (χ2v) is 5.72. The van der Waals surface area contributed by atoms with Gasteiger partial charge >= 0.3 is 0 Å². The number of hydrogen-bond acceptors (Lipinski definition) is 2. The van der Waals surface area contributed by atoms with E-state index in [1.165, 1.54) is 11.1 Å². The number of nitrogens with zero attached hydrogens (tertiary/aromatic N) is 1. The number of rotatable bonds is 4. The van der Waals surface area contributed by atoms with Gasteiger partial charge in [-0.15, -0.1) is 0 Å². The lowest BCUT2D eigenvalue weighted by Gasteiger charge is -2.14. The maximum absolute atomic E-state index is 12.0. The van der Waals surface area contributed by atoms with Crippen molar-refractivity contribution >= 4 is 16.8 Å². The predicted molar refractivity (Wildman–Crippen MR) is 85.4 cm³/mol. The van der Waals surface area contributed by atoms with E-state index in [4.69, 9.17) is 11.6 Å². The Bertz CT molecular complexity index is 747. The van der Waals surface area contributed by atoms with Gasteiger partial charge in [-0.1, -0.05) is 6.07 Å². The minimum atomic E-state index is -0.423. The summed E-state index contributed by atoms with van der Waals surface area (Å²) in [6, 6.07) is 7.77. The van der Waals surface area contributed by atoms with E-state index in [-0.39, 0.29) is 11.8 Å². The standard InChI is InChI=1S/C17H18ClNO2/c1-11-4-6-15(8-12(11)2)19-10-14(5-7-17(18)21)16(20)9-13(19)3/h4,6,8-10H,5,7H2,1-3H3. The topological polar surface area (TPSA) is 39.1 Å². The first kappa shape index (κ1) is 15.5. The van der Waals surface area contributed by atoms with Crippen LogP contribution in [0.15, 0.2) is 35.3 Å². The van der Waals surface area contributed by atoms with E-state index < -0.39 is 5.24 Å². The van der Waals surface area contributed by atoms with Gasteiger partial charge in [-0.05, 0) is 62.1 Å². The first-order valence-electron chi connectivity index (χ1n) is 6.86. The van der Waals surface area contributed by atoms with Crippen molar-refractivity contribution in [2.24, 2.45) is 0 Å². The zero-order chi connectivity index (χ0) is 15.6. The Hall–Kier alpha value is -1.87. The predicted octanol–water partition coefficient (Wildman–Crippen LogP) is 3.46. The van der Waals surface area contributed by atoms with E-state index in [2.05, 4.69) is 26.0 Å². The van der Waals surface area contributed by atoms with Gasteiger partial charge < -0.3 is 4.57 Å². The lowest BCUT2D eigenvalue weighted by atomic mass is 10.1. The van der Waals surface area contributed by atoms with E-state index >= 15 is 0 Å². The summed E-state index contributed by atoms with van der Waals surface area (Å²) in [6.07, 6.45) is 2.35. The van der Waals surface area contributed by atoms with E-state index in [1.54, 1.807) is 6.07 Å². The van der Waals surface area contributed by atoms with Crippen molar-refractivity contribution in [3.05, 3.63) is 63.1 Å². The van der Waals surface area contributed by atoms with Gasteiger partial charge in [0, 0.05) is 35.6 Å². The number of pyridine rings is 1. The van der Waals surface area contributed by atoms with Gasteiger partial charge in [-0.25, -0.2) is 0 Å². The molecule has 0 unspecified atom stereocenters. The highest BCUT2D eigenvalue weighted by atomic mass is 35.5. The summed E-state index contributed by atoms with van der Waals surface area (Å²) in [5.41, 5.74) is 4.85. The first-order chi connectivity index (χ1) is 9.88. The molecule has 0 N–H and O–H groups in total. The highest BCUT2D eigenvalue weighted by Gasteiger charge is 2.08. The maximum atomic E-state index is 12.0. The third-order valence-electron chi connectivity index (χ3n) is 3.68. The molecule has 1 aromatic carbocycles. The van der Waals surface area contributed by atoms with Crippen LogP contribution in [0.2, 0.25) is 0 Å². The van der Waals surface area contributed by atoms with Crippen LogP contribution in [0.25, 0.3) is 5.69 Å². The molecule has 0 radical (unpaired) electrons. The molecule has 0 aliphatic heterocycles. The highest BCUT2D eigenvalue weighted by molar-refractivity contribution is 6.63. The molecule has 0 aliphatic carbocycles. The molecule has 21 heavy (non-hydrogen) atoms. The second kappa shape index (κ2) is 6.27. The van der Waals surface area contributed by atoms with Gasteiger partial charge in [0.05, 0.1) is 0 Å². The van der Waals surface area contributed by atoms with E-state index in [0.29, 0.717) is 12.0 Å². The normalized spacial score (nSPS) is 10.7. The van der Waals surface area contributed by atoms with Gasteiger partial charge in [0.15, 0.2) is 5.43 Å². The number of carbonyl (C=O) groups excluding carboxylic acids is 1. The molecule has 1 aromatic heterocycles. The average molecular weight is 304 g/mol. The zero-order valence-corrected chi connectivity index (χ0v) is 13.2. The summed E-state index contributed by atoms with van der Waals surface area (Å²) in [6.45, 7) is 6.02. The minimum Gasteiger partial charge on any atom is -0.321 e. The lowest BCUT2D eigenvalue weighted by Crippen LogP contribution is -2.15. The Balaban J connectivity index is 2.47. The molecule has 0 amide bonds. The van der Waals surface area contributed by atoms with Crippen LogP contribution in [-0.4, -0.2) is 9.81 Å². The highest BCUT2D eigenvalue weighted by Crippen LogP contribution is 2.16. The van der Waals surface area contributed by atoms with Gasteiger partial charge in [0.25, 0.3) is 0 Å². The summed E-state index contributed by atoms with van der Waals surface area (Å²) in [7, 11) is 0. The fourth-order valence-corrected chi connectivity index (χ4v) is 2.34. The molecular weight excluding hydrogens is 286 g/mol. The average Bonchev–Trinajstić information content (AvgIpc) is 2.41. The van der Waals surface area contributed by atoms with Crippen LogP contribution in [0.3, 0.4) is 0 Å². The Labute approximate surface area is 129 Å². The summed E-state index contributed by atoms with van der Waals surface area (Å²) >= 11 is 5.36. The van der Waals surface area contributed by atoms with Crippen molar-refractivity contribution in [2.45, 2.75) is 33.6 Å². The van der Waals surface area contributed by atoms with Gasteiger partial charge in [-0.3, -0.25) is 9.59 Å². The Morgan fingerprint density at radius 3 is 2.48 bits per heavy atom. The molecule has 0 saturated carbocycles. The fourth-order valence-electron chi connectivity index (χ4n) is 2.25. The number of hydrogen-bond donors (Lipinski definition) is 0. The maximum Gasteiger partial charge on any atom is 0.221 e. The van der Waals surface area contributed by atoms with Crippen molar-refractivity contribution < 1.29 is 4.79 Å². The molecule has 0 aliphatic rings. The lowest BCUT2D eigenvalue weighted by molar-refractivity contribution is -0.111. The van der Waals surface area contributed by atoms with E-state index in [9.17, 15) is 9.59 Å². The van der Waals surface area contributed by atoms with E-state index in [0.717, 1.165) is 11.4 Å². The van der Waals surface area contributed by atoms with Crippen molar-refractivity contribution in [2.75, 3.05) is 0 Å². The molecule has 110 valence electrons. The summed E-state index contributed by atoms with van der Waals surface area (Å²) in [5.74, 6) is 0. The molecule has 0 fully saturated rings. The minimum absolute atomic E-state index is 0.0505. The van der Waals surface area contributed by atoms with Crippen LogP contribution < -0.4 is 5.43 Å². The van der Waals surface area contributed by atoms with Crippen LogP contribution in [0, 0.1) is 20.8 Å². The molecule has 0 spiro atoms. The molecule has 2 rings (SSSR count). The van der Waals surface area contributed by atoms with Crippen LogP contribution in [0.1, 0.15) is 28.8 Å². The van der Waals surface area contributed by atoms with Crippen LogP contribution >= 0.6 is 11.6 Å². The SMILES string of the molecule is Cc1ccc(-n2cc(CCC(=O)Cl)c(=O)cc2C)cc1C. The Morgan fingerprint density at radius 1 is 1.14 bits per heavy atom. The Kier molecular flexibility index (Phi) is 4.63. The van der Waals surface area contributed by atoms with Crippen molar-refractivity contribution in [3.63, 3.8) is 0 Å². The zero-order valence-electron chi connectivity index (χ0n) is 12.4. The number of aromatic nitrogens is 1. The summed E-state index contributed by atoms with van der Waals surface area (Å²) in [4.78, 5) is 22.9. The molecule has 4 heteroatoms. The first-order valence-corrected chi connectivity index (χ1v) is 7.24. The fraction of sp³-hybridized carbons (Fsp3) is 0.294. The summed E-state index contributed by atoms with van der Waals surface area (Å²) < 4.78 is 1.97. The second-order valence-electron chi connectivity index (χ2n) is 5.30. The van der Waals surface area contributed by atoms with Crippen molar-refractivity contribution in [3.8, 4) is 5.69 Å². The number of halogens is 1. The quantitative estimate of drug-likeness (QED) is 0.811. The van der Waals surface area contributed by atoms with Gasteiger partial charge in [-0.2, -0.15) is 0 Å². The smallest absolute Gasteiger partial charge is 0.221 e. The van der Waals surface area contributed by atoms with Crippen LogP contribution in [-0.2, 0) is 11.2 Å². The third-order valence-corrected chi connectivity index (χ3v) is 3.87. The van der Waals surface area contributed by atoms with Gasteiger partial charge in [0.2, 0.25) is 5.24 Å². The molecule has 0 bridgehead atoms. The van der Waals surface area contributed by atoms with Crippen molar-refractivity contribution in [1.29, 1.82) is 0 Å². The molecule has 1 heterocycles. The van der Waals surface area contributed by atoms with Crippen LogP contribution in [0.5, 0.6) is 0 Å². The molecular formula is C17H18ClNO2. The van der Waals surface area contributed by atoms with Gasteiger partial charge in [0.1, 0.15) is 0 Å². The molecule has 3 nitrogen and oxygen atoms in total. The number of carbonyl (C=O) groups is 1. The monoisotopic (exact) mass is 303 g/mol. The molecule has 0 saturated heterocycles. The third kappa shape index (κ3) is 3.61. The summed E-state index contributed by atoms with van der Waals surface area (Å²) in [5, 5.41) is -0.423. The number of aryl methyl sites for hydroxylation is 4.